The molecular formula is C20H26N2O2. The second-order valence-corrected chi connectivity index (χ2v) is 6.22. The molecule has 0 saturated carbocycles. The van der Waals surface area contributed by atoms with E-state index in [0.29, 0.717) is 13.0 Å². The molecule has 0 saturated heterocycles. The summed E-state index contributed by atoms with van der Waals surface area (Å²) in [4.78, 5) is 14.3. The van der Waals surface area contributed by atoms with Crippen LogP contribution in [-0.4, -0.2) is 36.6 Å². The molecule has 0 bridgehead atoms. The van der Waals surface area contributed by atoms with Gasteiger partial charge >= 0.3 is 0 Å². The number of amides is 1. The van der Waals surface area contributed by atoms with Crippen LogP contribution in [0.3, 0.4) is 0 Å². The Kier molecular flexibility index (Phi) is 6.38. The van der Waals surface area contributed by atoms with E-state index in [1.807, 2.05) is 14.1 Å². The van der Waals surface area contributed by atoms with Crippen molar-refractivity contribution in [2.75, 3.05) is 20.6 Å². The first-order valence-electron chi connectivity index (χ1n) is 8.29. The van der Waals surface area contributed by atoms with Crippen LogP contribution >= 0.6 is 0 Å². The molecular weight excluding hydrogens is 300 g/mol. The molecule has 1 amide bonds. The van der Waals surface area contributed by atoms with E-state index in [2.05, 4.69) is 41.4 Å². The molecule has 0 aliphatic carbocycles. The standard InChI is InChI=1S/C20H26N2O2/c1-4-15-5-9-17(10-6-15)19(22(2)3)14-21-20(24)13-16-7-11-18(23)12-8-16/h5-12,19,23H,4,13-14H2,1-3H3,(H,21,24). The first-order valence-corrected chi connectivity index (χ1v) is 8.29. The van der Waals surface area contributed by atoms with E-state index in [9.17, 15) is 9.90 Å². The number of nitrogens with zero attached hydrogens (tertiary/aromatic N) is 1. The lowest BCUT2D eigenvalue weighted by molar-refractivity contribution is -0.120. The lowest BCUT2D eigenvalue weighted by Gasteiger charge is -2.25. The number of carbonyl (C=O) groups is 1. The van der Waals surface area contributed by atoms with Crippen molar-refractivity contribution in [3.63, 3.8) is 0 Å². The Morgan fingerprint density at radius 3 is 2.17 bits per heavy atom. The first kappa shape index (κ1) is 18.0. The highest BCUT2D eigenvalue weighted by atomic mass is 16.3. The molecule has 1 atom stereocenters. The highest BCUT2D eigenvalue weighted by Gasteiger charge is 2.15. The molecule has 1 unspecified atom stereocenters. The topological polar surface area (TPSA) is 52.6 Å². The number of carbonyl (C=O) groups excluding carboxylic acids is 1. The van der Waals surface area contributed by atoms with Crippen LogP contribution in [0.1, 0.15) is 29.7 Å². The van der Waals surface area contributed by atoms with Crippen molar-refractivity contribution >= 4 is 5.91 Å². The van der Waals surface area contributed by atoms with Crippen LogP contribution in [0, 0.1) is 0 Å². The number of phenols is 1. The minimum Gasteiger partial charge on any atom is -0.508 e. The maximum Gasteiger partial charge on any atom is 0.224 e. The fourth-order valence-electron chi connectivity index (χ4n) is 2.65. The van der Waals surface area contributed by atoms with Crippen molar-refractivity contribution in [1.82, 2.24) is 10.2 Å². The SMILES string of the molecule is CCc1ccc(C(CNC(=O)Cc2ccc(O)cc2)N(C)C)cc1. The third kappa shape index (κ3) is 5.10. The Hall–Kier alpha value is -2.33. The van der Waals surface area contributed by atoms with E-state index in [-0.39, 0.29) is 17.7 Å². The number of aryl methyl sites for hydroxylation is 1. The van der Waals surface area contributed by atoms with Crippen LogP contribution < -0.4 is 5.32 Å². The normalized spacial score (nSPS) is 12.2. The van der Waals surface area contributed by atoms with Crippen molar-refractivity contribution < 1.29 is 9.90 Å². The van der Waals surface area contributed by atoms with Gasteiger partial charge in [-0.25, -0.2) is 0 Å². The zero-order valence-corrected chi connectivity index (χ0v) is 14.6. The second kappa shape index (κ2) is 8.50. The first-order chi connectivity index (χ1) is 11.5. The van der Waals surface area contributed by atoms with E-state index in [1.54, 1.807) is 24.3 Å². The molecule has 0 radical (unpaired) electrons. The molecule has 2 aromatic carbocycles. The average molecular weight is 326 g/mol. The predicted octanol–water partition coefficient (Wildman–Crippen LogP) is 2.92. The summed E-state index contributed by atoms with van der Waals surface area (Å²) in [5.74, 6) is 0.195. The summed E-state index contributed by atoms with van der Waals surface area (Å²) in [6.07, 6.45) is 1.34. The van der Waals surface area contributed by atoms with Gasteiger partial charge in [0.05, 0.1) is 12.5 Å². The van der Waals surface area contributed by atoms with Gasteiger partial charge in [-0.15, -0.1) is 0 Å². The van der Waals surface area contributed by atoms with Gasteiger partial charge in [0.1, 0.15) is 5.75 Å². The van der Waals surface area contributed by atoms with Gasteiger partial charge in [0.25, 0.3) is 0 Å². The summed E-state index contributed by atoms with van der Waals surface area (Å²) in [5, 5.41) is 12.3. The zero-order chi connectivity index (χ0) is 17.5. The van der Waals surface area contributed by atoms with Gasteiger partial charge in [-0.2, -0.15) is 0 Å². The highest BCUT2D eigenvalue weighted by Crippen LogP contribution is 2.18. The summed E-state index contributed by atoms with van der Waals surface area (Å²) >= 11 is 0. The smallest absolute Gasteiger partial charge is 0.224 e. The predicted molar refractivity (Wildman–Crippen MR) is 97.1 cm³/mol. The van der Waals surface area contributed by atoms with Crippen molar-refractivity contribution in [3.05, 3.63) is 65.2 Å². The molecule has 2 N–H and O–H groups in total. The number of hydrogen-bond acceptors (Lipinski definition) is 3. The van der Waals surface area contributed by atoms with Gasteiger partial charge in [0.2, 0.25) is 5.91 Å². The summed E-state index contributed by atoms with van der Waals surface area (Å²) < 4.78 is 0. The maximum absolute atomic E-state index is 12.2. The van der Waals surface area contributed by atoms with Crippen molar-refractivity contribution in [1.29, 1.82) is 0 Å². The third-order valence-corrected chi connectivity index (χ3v) is 4.19. The molecule has 0 aliphatic rings. The van der Waals surface area contributed by atoms with Gasteiger partial charge < -0.3 is 15.3 Å². The van der Waals surface area contributed by atoms with Gasteiger partial charge in [0, 0.05) is 6.54 Å². The third-order valence-electron chi connectivity index (χ3n) is 4.19. The Morgan fingerprint density at radius 1 is 1.04 bits per heavy atom. The molecule has 24 heavy (non-hydrogen) atoms. The fourth-order valence-corrected chi connectivity index (χ4v) is 2.65. The largest absolute Gasteiger partial charge is 0.508 e. The monoisotopic (exact) mass is 326 g/mol. The number of likely N-dealkylation sites (N-methyl/N-ethyl adjacent to an activating group) is 1. The molecule has 0 fully saturated rings. The number of phenolic OH excluding ortho intramolecular Hbond substituents is 1. The van der Waals surface area contributed by atoms with E-state index < -0.39 is 0 Å². The summed E-state index contributed by atoms with van der Waals surface area (Å²) in [6.45, 7) is 2.71. The Bertz CT molecular complexity index is 648. The summed E-state index contributed by atoms with van der Waals surface area (Å²) in [5.41, 5.74) is 3.40. The molecule has 128 valence electrons. The van der Waals surface area contributed by atoms with Crippen LogP contribution in [0.15, 0.2) is 48.5 Å². The lowest BCUT2D eigenvalue weighted by Crippen LogP contribution is -2.35. The van der Waals surface area contributed by atoms with Crippen LogP contribution in [0.4, 0.5) is 0 Å². The molecule has 2 aromatic rings. The van der Waals surface area contributed by atoms with Gasteiger partial charge in [-0.3, -0.25) is 4.79 Å². The lowest BCUT2D eigenvalue weighted by atomic mass is 10.0. The van der Waals surface area contributed by atoms with Gasteiger partial charge in [0.15, 0.2) is 0 Å². The quantitative estimate of drug-likeness (QED) is 0.822. The van der Waals surface area contributed by atoms with E-state index >= 15 is 0 Å². The van der Waals surface area contributed by atoms with E-state index in [4.69, 9.17) is 0 Å². The number of benzene rings is 2. The summed E-state index contributed by atoms with van der Waals surface area (Å²) in [7, 11) is 4.04. The molecule has 4 nitrogen and oxygen atoms in total. The average Bonchev–Trinajstić information content (AvgIpc) is 2.57. The Morgan fingerprint density at radius 2 is 1.62 bits per heavy atom. The highest BCUT2D eigenvalue weighted by molar-refractivity contribution is 5.78. The van der Waals surface area contributed by atoms with Crippen molar-refractivity contribution in [3.8, 4) is 5.75 Å². The second-order valence-electron chi connectivity index (χ2n) is 6.22. The van der Waals surface area contributed by atoms with Crippen LogP contribution in [0.2, 0.25) is 0 Å². The minimum atomic E-state index is -0.0160. The van der Waals surface area contributed by atoms with Crippen LogP contribution in [-0.2, 0) is 17.6 Å². The van der Waals surface area contributed by atoms with Gasteiger partial charge in [-0.1, -0.05) is 43.3 Å². The minimum absolute atomic E-state index is 0.0160. The number of nitrogens with one attached hydrogen (secondary N) is 1. The molecule has 0 aliphatic heterocycles. The number of rotatable bonds is 7. The van der Waals surface area contributed by atoms with Crippen molar-refractivity contribution in [2.24, 2.45) is 0 Å². The Labute approximate surface area is 144 Å². The van der Waals surface area contributed by atoms with Crippen molar-refractivity contribution in [2.45, 2.75) is 25.8 Å². The van der Waals surface area contributed by atoms with Crippen LogP contribution in [0.5, 0.6) is 5.75 Å². The van der Waals surface area contributed by atoms with Crippen LogP contribution in [0.25, 0.3) is 0 Å². The molecule has 4 heteroatoms. The maximum atomic E-state index is 12.2. The molecule has 0 spiro atoms. The number of hydrogen-bond donors (Lipinski definition) is 2. The zero-order valence-electron chi connectivity index (χ0n) is 14.6. The number of aromatic hydroxyl groups is 1. The van der Waals surface area contributed by atoms with Gasteiger partial charge in [-0.05, 0) is 49.3 Å². The van der Waals surface area contributed by atoms with E-state index in [0.717, 1.165) is 12.0 Å². The fraction of sp³-hybridized carbons (Fsp3) is 0.350. The molecule has 0 aromatic heterocycles. The van der Waals surface area contributed by atoms with E-state index in [1.165, 1.54) is 11.1 Å². The summed E-state index contributed by atoms with van der Waals surface area (Å²) in [6, 6.07) is 15.4. The molecule has 0 heterocycles. The molecule has 2 rings (SSSR count). The Balaban J connectivity index is 1.95.